The largest absolute Gasteiger partial charge is 0.305 e. The molecule has 0 aromatic carbocycles. The number of hydrogen-bond acceptors (Lipinski definition) is 4. The molecule has 0 bridgehead atoms. The molecule has 0 aliphatic heterocycles. The van der Waals surface area contributed by atoms with Gasteiger partial charge in [0.1, 0.15) is 12.1 Å². The van der Waals surface area contributed by atoms with E-state index in [4.69, 9.17) is 0 Å². The summed E-state index contributed by atoms with van der Waals surface area (Å²) < 4.78 is 13.2. The SMILES string of the molecule is CCNC(c1cncc(F)c1)c1ccncn1. The van der Waals surface area contributed by atoms with Crippen LogP contribution in [-0.2, 0) is 0 Å². The van der Waals surface area contributed by atoms with Crippen LogP contribution >= 0.6 is 0 Å². The molecule has 1 N–H and O–H groups in total. The first kappa shape index (κ1) is 11.6. The van der Waals surface area contributed by atoms with Crippen LogP contribution in [0.5, 0.6) is 0 Å². The van der Waals surface area contributed by atoms with E-state index in [2.05, 4.69) is 20.3 Å². The molecule has 2 rings (SSSR count). The summed E-state index contributed by atoms with van der Waals surface area (Å²) in [6.45, 7) is 2.74. The van der Waals surface area contributed by atoms with Gasteiger partial charge in [0.05, 0.1) is 17.9 Å². The predicted molar refractivity (Wildman–Crippen MR) is 61.7 cm³/mol. The second-order valence-electron chi connectivity index (χ2n) is 3.56. The molecule has 0 amide bonds. The van der Waals surface area contributed by atoms with Gasteiger partial charge in [-0.1, -0.05) is 6.92 Å². The minimum absolute atomic E-state index is 0.161. The Morgan fingerprint density at radius 2 is 2.24 bits per heavy atom. The van der Waals surface area contributed by atoms with Crippen molar-refractivity contribution in [3.8, 4) is 0 Å². The molecular formula is C12H13FN4. The lowest BCUT2D eigenvalue weighted by Gasteiger charge is -2.17. The first-order valence-electron chi connectivity index (χ1n) is 5.41. The normalized spacial score (nSPS) is 12.4. The molecule has 2 aromatic rings. The van der Waals surface area contributed by atoms with Gasteiger partial charge in [-0.2, -0.15) is 0 Å². The van der Waals surface area contributed by atoms with Crippen LogP contribution in [0.4, 0.5) is 4.39 Å². The smallest absolute Gasteiger partial charge is 0.141 e. The molecule has 1 atom stereocenters. The van der Waals surface area contributed by atoms with Crippen molar-refractivity contribution in [2.45, 2.75) is 13.0 Å². The van der Waals surface area contributed by atoms with E-state index in [9.17, 15) is 4.39 Å². The van der Waals surface area contributed by atoms with Gasteiger partial charge >= 0.3 is 0 Å². The Balaban J connectivity index is 2.35. The molecule has 0 saturated carbocycles. The maximum Gasteiger partial charge on any atom is 0.141 e. The summed E-state index contributed by atoms with van der Waals surface area (Å²) in [4.78, 5) is 11.9. The van der Waals surface area contributed by atoms with Crippen molar-refractivity contribution in [3.63, 3.8) is 0 Å². The van der Waals surface area contributed by atoms with Crippen molar-refractivity contribution in [2.75, 3.05) is 6.54 Å². The highest BCUT2D eigenvalue weighted by molar-refractivity contribution is 5.24. The minimum atomic E-state index is -0.348. The zero-order valence-corrected chi connectivity index (χ0v) is 9.47. The molecule has 0 spiro atoms. The van der Waals surface area contributed by atoms with Crippen LogP contribution in [0.3, 0.4) is 0 Å². The highest BCUT2D eigenvalue weighted by Crippen LogP contribution is 2.19. The van der Waals surface area contributed by atoms with Gasteiger partial charge in [0.25, 0.3) is 0 Å². The minimum Gasteiger partial charge on any atom is -0.305 e. The van der Waals surface area contributed by atoms with Gasteiger partial charge in [0.15, 0.2) is 0 Å². The summed E-state index contributed by atoms with van der Waals surface area (Å²) >= 11 is 0. The third-order valence-corrected chi connectivity index (χ3v) is 2.37. The van der Waals surface area contributed by atoms with E-state index in [0.29, 0.717) is 0 Å². The molecule has 0 fully saturated rings. The molecule has 0 saturated heterocycles. The molecule has 2 heterocycles. The van der Waals surface area contributed by atoms with Gasteiger partial charge < -0.3 is 5.32 Å². The summed E-state index contributed by atoms with van der Waals surface area (Å²) in [7, 11) is 0. The van der Waals surface area contributed by atoms with E-state index in [-0.39, 0.29) is 11.9 Å². The van der Waals surface area contributed by atoms with E-state index in [1.54, 1.807) is 18.5 Å². The maximum atomic E-state index is 13.2. The number of rotatable bonds is 4. The van der Waals surface area contributed by atoms with Crippen LogP contribution in [0.25, 0.3) is 0 Å². The van der Waals surface area contributed by atoms with Crippen molar-refractivity contribution in [1.29, 1.82) is 0 Å². The van der Waals surface area contributed by atoms with E-state index in [0.717, 1.165) is 17.8 Å². The van der Waals surface area contributed by atoms with Gasteiger partial charge in [-0.05, 0) is 24.2 Å². The average Bonchev–Trinajstić information content (AvgIpc) is 2.37. The molecule has 17 heavy (non-hydrogen) atoms. The Morgan fingerprint density at radius 1 is 1.35 bits per heavy atom. The highest BCUT2D eigenvalue weighted by Gasteiger charge is 2.14. The van der Waals surface area contributed by atoms with Crippen molar-refractivity contribution < 1.29 is 4.39 Å². The summed E-state index contributed by atoms with van der Waals surface area (Å²) in [6.07, 6.45) is 5.97. The first-order valence-corrected chi connectivity index (χ1v) is 5.41. The molecular weight excluding hydrogens is 219 g/mol. The van der Waals surface area contributed by atoms with Crippen LogP contribution in [0.1, 0.15) is 24.2 Å². The summed E-state index contributed by atoms with van der Waals surface area (Å²) in [6, 6.07) is 3.10. The van der Waals surface area contributed by atoms with Gasteiger partial charge in [-0.25, -0.2) is 14.4 Å². The van der Waals surface area contributed by atoms with Crippen LogP contribution in [0.15, 0.2) is 37.1 Å². The lowest BCUT2D eigenvalue weighted by atomic mass is 10.1. The zero-order valence-electron chi connectivity index (χ0n) is 9.47. The predicted octanol–water partition coefficient (Wildman–Crippen LogP) is 1.71. The number of nitrogens with one attached hydrogen (secondary N) is 1. The molecule has 0 aliphatic carbocycles. The fourth-order valence-corrected chi connectivity index (χ4v) is 1.66. The fraction of sp³-hybridized carbons (Fsp3) is 0.250. The standard InChI is InChI=1S/C12H13FN4/c1-2-16-12(11-3-4-14-8-17-11)9-5-10(13)7-15-6-9/h3-8,12,16H,2H2,1H3. The fourth-order valence-electron chi connectivity index (χ4n) is 1.66. The van der Waals surface area contributed by atoms with Crippen molar-refractivity contribution >= 4 is 0 Å². The number of pyridine rings is 1. The third kappa shape index (κ3) is 2.82. The van der Waals surface area contributed by atoms with Crippen molar-refractivity contribution in [1.82, 2.24) is 20.3 Å². The van der Waals surface area contributed by atoms with Crippen LogP contribution in [0, 0.1) is 5.82 Å². The molecule has 1 unspecified atom stereocenters. The Labute approximate surface area is 99.0 Å². The molecule has 0 radical (unpaired) electrons. The second-order valence-corrected chi connectivity index (χ2v) is 3.56. The van der Waals surface area contributed by atoms with Gasteiger partial charge in [-0.3, -0.25) is 4.98 Å². The summed E-state index contributed by atoms with van der Waals surface area (Å²) in [5.74, 6) is -0.348. The topological polar surface area (TPSA) is 50.7 Å². The monoisotopic (exact) mass is 232 g/mol. The van der Waals surface area contributed by atoms with E-state index < -0.39 is 0 Å². The lowest BCUT2D eigenvalue weighted by molar-refractivity contribution is 0.588. The van der Waals surface area contributed by atoms with Crippen LogP contribution in [0.2, 0.25) is 0 Å². The van der Waals surface area contributed by atoms with Crippen LogP contribution in [-0.4, -0.2) is 21.5 Å². The molecule has 88 valence electrons. The zero-order chi connectivity index (χ0) is 12.1. The average molecular weight is 232 g/mol. The highest BCUT2D eigenvalue weighted by atomic mass is 19.1. The van der Waals surface area contributed by atoms with Crippen molar-refractivity contribution in [3.05, 3.63) is 54.1 Å². The molecule has 0 aliphatic rings. The second kappa shape index (κ2) is 5.45. The number of hydrogen-bond donors (Lipinski definition) is 1. The Kier molecular flexibility index (Phi) is 3.72. The Bertz CT molecular complexity index is 475. The Morgan fingerprint density at radius 3 is 2.88 bits per heavy atom. The van der Waals surface area contributed by atoms with Gasteiger partial charge in [0, 0.05) is 12.4 Å². The van der Waals surface area contributed by atoms with Gasteiger partial charge in [0.2, 0.25) is 0 Å². The lowest BCUT2D eigenvalue weighted by Crippen LogP contribution is -2.23. The summed E-state index contributed by atoms with van der Waals surface area (Å²) in [5.41, 5.74) is 1.56. The van der Waals surface area contributed by atoms with E-state index in [1.807, 2.05) is 6.92 Å². The van der Waals surface area contributed by atoms with Crippen molar-refractivity contribution in [2.24, 2.45) is 0 Å². The number of halogens is 1. The molecule has 4 nitrogen and oxygen atoms in total. The first-order chi connectivity index (χ1) is 8.31. The maximum absolute atomic E-state index is 13.2. The van der Waals surface area contributed by atoms with E-state index in [1.165, 1.54) is 18.6 Å². The summed E-state index contributed by atoms with van der Waals surface area (Å²) in [5, 5.41) is 3.25. The van der Waals surface area contributed by atoms with Crippen LogP contribution < -0.4 is 5.32 Å². The quantitative estimate of drug-likeness (QED) is 0.871. The van der Waals surface area contributed by atoms with Gasteiger partial charge in [-0.15, -0.1) is 0 Å². The molecule has 5 heteroatoms. The number of nitrogens with zero attached hydrogens (tertiary/aromatic N) is 3. The van der Waals surface area contributed by atoms with E-state index >= 15 is 0 Å². The Hall–Kier alpha value is -1.88. The third-order valence-electron chi connectivity index (χ3n) is 2.37. The molecule has 2 aromatic heterocycles. The number of aromatic nitrogens is 3.